The van der Waals surface area contributed by atoms with Crippen molar-refractivity contribution in [3.63, 3.8) is 0 Å². The van der Waals surface area contributed by atoms with Gasteiger partial charge in [-0.3, -0.25) is 4.90 Å². The van der Waals surface area contributed by atoms with E-state index in [1.807, 2.05) is 0 Å². The second-order valence-electron chi connectivity index (χ2n) is 9.79. The van der Waals surface area contributed by atoms with Crippen molar-refractivity contribution in [3.05, 3.63) is 54.1 Å². The third-order valence-electron chi connectivity index (χ3n) is 7.59. The van der Waals surface area contributed by atoms with Crippen molar-refractivity contribution in [2.45, 2.75) is 25.3 Å². The van der Waals surface area contributed by atoms with Gasteiger partial charge in [0.05, 0.1) is 0 Å². The van der Waals surface area contributed by atoms with Crippen molar-refractivity contribution < 1.29 is 0 Å². The van der Waals surface area contributed by atoms with Gasteiger partial charge in [0, 0.05) is 63.4 Å². The Morgan fingerprint density at radius 2 is 1.91 bits per heavy atom. The maximum Gasteiger partial charge on any atom is 0.170 e. The standard InChI is InChI=1S/C26H35N5S/c1-29(2)23-9-7-22(8-10-23)28-26(32)27-16-24-15-20-12-13-30(24)17-21(20)18-31-14-11-19-5-3-4-6-25(19)31/h3-10,20-21,24H,11-18H2,1-2H3,(H2,27,28,32)/t20-,21-,24-/m1/s1. The van der Waals surface area contributed by atoms with Crippen LogP contribution in [-0.4, -0.2) is 62.9 Å². The van der Waals surface area contributed by atoms with Gasteiger partial charge in [0.15, 0.2) is 5.11 Å². The molecule has 4 atom stereocenters. The first-order chi connectivity index (χ1) is 15.6. The van der Waals surface area contributed by atoms with Crippen LogP contribution in [0.4, 0.5) is 17.1 Å². The van der Waals surface area contributed by atoms with Crippen LogP contribution in [0.5, 0.6) is 0 Å². The molecular weight excluding hydrogens is 414 g/mol. The molecule has 0 amide bonds. The quantitative estimate of drug-likeness (QED) is 0.653. The first-order valence-electron chi connectivity index (χ1n) is 12.0. The lowest BCUT2D eigenvalue weighted by molar-refractivity contribution is 0.00645. The molecule has 32 heavy (non-hydrogen) atoms. The number of nitrogens with zero attached hydrogens (tertiary/aromatic N) is 3. The molecule has 0 spiro atoms. The van der Waals surface area contributed by atoms with Gasteiger partial charge in [-0.25, -0.2) is 0 Å². The third-order valence-corrected chi connectivity index (χ3v) is 7.84. The Morgan fingerprint density at radius 1 is 1.09 bits per heavy atom. The molecule has 4 aliphatic heterocycles. The lowest BCUT2D eigenvalue weighted by Gasteiger charge is -2.51. The molecule has 2 N–H and O–H groups in total. The molecule has 2 bridgehead atoms. The van der Waals surface area contributed by atoms with Gasteiger partial charge in [-0.2, -0.15) is 0 Å². The number of para-hydroxylation sites is 1. The fourth-order valence-corrected chi connectivity index (χ4v) is 5.98. The van der Waals surface area contributed by atoms with Crippen molar-refractivity contribution in [1.29, 1.82) is 0 Å². The van der Waals surface area contributed by atoms with E-state index in [-0.39, 0.29) is 0 Å². The summed E-state index contributed by atoms with van der Waals surface area (Å²) in [7, 11) is 4.10. The average Bonchev–Trinajstić information content (AvgIpc) is 3.21. The molecule has 4 aliphatic rings. The summed E-state index contributed by atoms with van der Waals surface area (Å²) in [6.45, 7) is 5.78. The lowest BCUT2D eigenvalue weighted by Crippen LogP contribution is -2.58. The molecule has 3 saturated heterocycles. The van der Waals surface area contributed by atoms with E-state index in [2.05, 4.69) is 88.0 Å². The molecule has 0 aromatic heterocycles. The topological polar surface area (TPSA) is 33.8 Å². The Kier molecular flexibility index (Phi) is 6.24. The van der Waals surface area contributed by atoms with E-state index >= 15 is 0 Å². The highest BCUT2D eigenvalue weighted by atomic mass is 32.1. The minimum Gasteiger partial charge on any atom is -0.378 e. The number of hydrogen-bond donors (Lipinski definition) is 2. The smallest absolute Gasteiger partial charge is 0.170 e. The van der Waals surface area contributed by atoms with Crippen LogP contribution in [0.15, 0.2) is 48.5 Å². The van der Waals surface area contributed by atoms with E-state index < -0.39 is 0 Å². The number of hydrogen-bond acceptors (Lipinski definition) is 4. The number of fused-ring (bicyclic) bond motifs is 4. The summed E-state index contributed by atoms with van der Waals surface area (Å²) in [5.74, 6) is 1.62. The molecular formula is C26H35N5S. The molecule has 4 heterocycles. The van der Waals surface area contributed by atoms with Crippen molar-refractivity contribution in [1.82, 2.24) is 10.2 Å². The van der Waals surface area contributed by atoms with Crippen molar-refractivity contribution >= 4 is 34.4 Å². The molecule has 0 radical (unpaired) electrons. The highest BCUT2D eigenvalue weighted by molar-refractivity contribution is 7.80. The molecule has 3 fully saturated rings. The maximum atomic E-state index is 5.57. The predicted molar refractivity (Wildman–Crippen MR) is 139 cm³/mol. The molecule has 1 unspecified atom stereocenters. The monoisotopic (exact) mass is 449 g/mol. The maximum absolute atomic E-state index is 5.57. The largest absolute Gasteiger partial charge is 0.378 e. The van der Waals surface area contributed by atoms with Crippen molar-refractivity contribution in [2.24, 2.45) is 11.8 Å². The van der Waals surface area contributed by atoms with Crippen LogP contribution in [0.2, 0.25) is 0 Å². The zero-order valence-corrected chi connectivity index (χ0v) is 20.1. The Morgan fingerprint density at radius 3 is 2.66 bits per heavy atom. The third kappa shape index (κ3) is 4.57. The van der Waals surface area contributed by atoms with Gasteiger partial charge in [-0.05, 0) is 85.8 Å². The summed E-state index contributed by atoms with van der Waals surface area (Å²) in [5, 5.41) is 7.53. The zero-order valence-electron chi connectivity index (χ0n) is 19.3. The lowest BCUT2D eigenvalue weighted by atomic mass is 9.75. The van der Waals surface area contributed by atoms with E-state index in [4.69, 9.17) is 12.2 Å². The van der Waals surface area contributed by atoms with Crippen LogP contribution < -0.4 is 20.4 Å². The van der Waals surface area contributed by atoms with E-state index in [1.54, 1.807) is 0 Å². The van der Waals surface area contributed by atoms with Gasteiger partial charge >= 0.3 is 0 Å². The van der Waals surface area contributed by atoms with E-state index in [1.165, 1.54) is 62.4 Å². The minimum absolute atomic E-state index is 0.590. The summed E-state index contributed by atoms with van der Waals surface area (Å²) in [6.07, 6.45) is 3.83. The van der Waals surface area contributed by atoms with Crippen LogP contribution in [0.1, 0.15) is 18.4 Å². The molecule has 6 heteroatoms. The van der Waals surface area contributed by atoms with E-state index in [0.717, 1.165) is 29.2 Å². The number of thiocarbonyl (C=S) groups is 1. The average molecular weight is 450 g/mol. The van der Waals surface area contributed by atoms with Crippen LogP contribution >= 0.6 is 12.2 Å². The van der Waals surface area contributed by atoms with Crippen molar-refractivity contribution in [3.8, 4) is 0 Å². The first-order valence-corrected chi connectivity index (χ1v) is 12.4. The SMILES string of the molecule is CN(C)c1ccc(NC(=S)NC[C@H]2C[C@H]3CCN2C[C@@H]3CN2CCc3ccccc32)cc1. The summed E-state index contributed by atoms with van der Waals surface area (Å²) in [5.41, 5.74) is 5.21. The normalized spacial score (nSPS) is 26.0. The van der Waals surface area contributed by atoms with Gasteiger partial charge in [-0.1, -0.05) is 18.2 Å². The van der Waals surface area contributed by atoms with E-state index in [9.17, 15) is 0 Å². The van der Waals surface area contributed by atoms with Crippen LogP contribution in [0, 0.1) is 11.8 Å². The van der Waals surface area contributed by atoms with Gasteiger partial charge in [0.2, 0.25) is 0 Å². The number of anilines is 3. The zero-order chi connectivity index (χ0) is 22.1. The van der Waals surface area contributed by atoms with Gasteiger partial charge in [0.1, 0.15) is 0 Å². The van der Waals surface area contributed by atoms with Crippen LogP contribution in [0.3, 0.4) is 0 Å². The second-order valence-corrected chi connectivity index (χ2v) is 10.2. The summed E-state index contributed by atoms with van der Waals surface area (Å²) < 4.78 is 0. The summed E-state index contributed by atoms with van der Waals surface area (Å²) >= 11 is 5.57. The number of nitrogens with one attached hydrogen (secondary N) is 2. The fraction of sp³-hybridized carbons (Fsp3) is 0.500. The van der Waals surface area contributed by atoms with Gasteiger partial charge < -0.3 is 20.4 Å². The summed E-state index contributed by atoms with van der Waals surface area (Å²) in [4.78, 5) is 7.44. The Bertz CT molecular complexity index is 943. The molecule has 170 valence electrons. The number of rotatable bonds is 6. The fourth-order valence-electron chi connectivity index (χ4n) is 5.78. The molecule has 2 aromatic rings. The van der Waals surface area contributed by atoms with Crippen LogP contribution in [-0.2, 0) is 6.42 Å². The molecule has 0 aliphatic carbocycles. The number of benzene rings is 2. The Labute approximate surface area is 197 Å². The molecule has 6 rings (SSSR count). The Balaban J connectivity index is 1.11. The highest BCUT2D eigenvalue weighted by Crippen LogP contribution is 2.38. The van der Waals surface area contributed by atoms with Gasteiger partial charge in [0.25, 0.3) is 0 Å². The van der Waals surface area contributed by atoms with Crippen LogP contribution in [0.25, 0.3) is 0 Å². The minimum atomic E-state index is 0.590. The second kappa shape index (κ2) is 9.28. The van der Waals surface area contributed by atoms with E-state index in [0.29, 0.717) is 6.04 Å². The highest BCUT2D eigenvalue weighted by Gasteiger charge is 2.40. The molecule has 0 saturated carbocycles. The summed E-state index contributed by atoms with van der Waals surface area (Å²) in [6, 6.07) is 17.9. The predicted octanol–water partition coefficient (Wildman–Crippen LogP) is 3.81. The number of piperidine rings is 3. The molecule has 5 nitrogen and oxygen atoms in total. The molecule has 2 aromatic carbocycles. The first kappa shape index (κ1) is 21.5. The van der Waals surface area contributed by atoms with Gasteiger partial charge in [-0.15, -0.1) is 0 Å². The van der Waals surface area contributed by atoms with Crippen molar-refractivity contribution in [2.75, 3.05) is 61.9 Å². The Hall–Kier alpha value is -2.31.